The van der Waals surface area contributed by atoms with Crippen LogP contribution in [0.5, 0.6) is 40.2 Å². The maximum absolute atomic E-state index is 10.9. The van der Waals surface area contributed by atoms with Crippen molar-refractivity contribution in [1.82, 2.24) is 9.80 Å². The standard InChI is InChI=1S/C37H42N2O6/c1-38-15-13-26-20-36(44-5)37(22-29(26)30(38)16-23-6-9-27(42-3)10-7-23)45-35-18-24(8-11-32(35)40)17-31-28-21-33(41)34(43-4)19-25(28)12-14-39(31)2/h6-11,18-22,30-31,40-41H,12-17H2,1-5H3/t30-,31+/m1/s1. The molecule has 2 aliphatic rings. The topological polar surface area (TPSA) is 83.9 Å². The predicted octanol–water partition coefficient (Wildman–Crippen LogP) is 6.46. The molecule has 45 heavy (non-hydrogen) atoms. The number of ether oxygens (including phenoxy) is 4. The lowest BCUT2D eigenvalue weighted by Gasteiger charge is -2.35. The van der Waals surface area contributed by atoms with Crippen LogP contribution in [-0.2, 0) is 25.7 Å². The van der Waals surface area contributed by atoms with Gasteiger partial charge in [0.15, 0.2) is 34.5 Å². The van der Waals surface area contributed by atoms with E-state index in [0.29, 0.717) is 29.4 Å². The molecule has 2 heterocycles. The molecule has 6 rings (SSSR count). The van der Waals surface area contributed by atoms with E-state index in [2.05, 4.69) is 48.2 Å². The third kappa shape index (κ3) is 6.26. The van der Waals surface area contributed by atoms with Crippen LogP contribution < -0.4 is 18.9 Å². The predicted molar refractivity (Wildman–Crippen MR) is 174 cm³/mol. The van der Waals surface area contributed by atoms with Crippen molar-refractivity contribution in [2.75, 3.05) is 48.5 Å². The lowest BCUT2D eigenvalue weighted by atomic mass is 9.88. The molecule has 0 radical (unpaired) electrons. The molecule has 2 aliphatic heterocycles. The van der Waals surface area contributed by atoms with Gasteiger partial charge in [0.25, 0.3) is 0 Å². The summed E-state index contributed by atoms with van der Waals surface area (Å²) in [7, 11) is 9.16. The van der Waals surface area contributed by atoms with Gasteiger partial charge in [0, 0.05) is 25.2 Å². The summed E-state index contributed by atoms with van der Waals surface area (Å²) < 4.78 is 23.0. The van der Waals surface area contributed by atoms with Gasteiger partial charge in [0.1, 0.15) is 5.75 Å². The minimum Gasteiger partial charge on any atom is -0.504 e. The summed E-state index contributed by atoms with van der Waals surface area (Å²) in [6.07, 6.45) is 3.33. The number of fused-ring (bicyclic) bond motifs is 2. The summed E-state index contributed by atoms with van der Waals surface area (Å²) in [6, 6.07) is 21.9. The molecule has 0 bridgehead atoms. The van der Waals surface area contributed by atoms with Gasteiger partial charge in [0.2, 0.25) is 0 Å². The van der Waals surface area contributed by atoms with Crippen LogP contribution in [0.3, 0.4) is 0 Å². The van der Waals surface area contributed by atoms with E-state index in [1.54, 1.807) is 27.4 Å². The van der Waals surface area contributed by atoms with Crippen molar-refractivity contribution in [2.45, 2.75) is 37.8 Å². The Labute approximate surface area is 265 Å². The van der Waals surface area contributed by atoms with Crippen molar-refractivity contribution in [3.8, 4) is 40.2 Å². The largest absolute Gasteiger partial charge is 0.504 e. The van der Waals surface area contributed by atoms with Gasteiger partial charge in [-0.1, -0.05) is 18.2 Å². The van der Waals surface area contributed by atoms with Crippen LogP contribution in [0, 0.1) is 0 Å². The molecule has 0 spiro atoms. The lowest BCUT2D eigenvalue weighted by Crippen LogP contribution is -2.33. The van der Waals surface area contributed by atoms with E-state index in [9.17, 15) is 10.2 Å². The number of likely N-dealkylation sites (N-methyl/N-ethyl adjacent to an activating group) is 2. The first-order chi connectivity index (χ1) is 21.8. The highest BCUT2D eigenvalue weighted by molar-refractivity contribution is 5.54. The molecule has 8 nitrogen and oxygen atoms in total. The number of methoxy groups -OCH3 is 3. The quantitative estimate of drug-likeness (QED) is 0.224. The van der Waals surface area contributed by atoms with Crippen molar-refractivity contribution in [3.05, 3.63) is 100 Å². The highest BCUT2D eigenvalue weighted by Crippen LogP contribution is 2.44. The van der Waals surface area contributed by atoms with E-state index in [-0.39, 0.29) is 23.6 Å². The number of nitrogens with zero attached hydrogens (tertiary/aromatic N) is 2. The van der Waals surface area contributed by atoms with E-state index in [1.165, 1.54) is 22.3 Å². The molecule has 0 saturated heterocycles. The van der Waals surface area contributed by atoms with E-state index in [0.717, 1.165) is 49.2 Å². The second kappa shape index (κ2) is 12.9. The Hall–Kier alpha value is -4.40. The monoisotopic (exact) mass is 610 g/mol. The fourth-order valence-corrected chi connectivity index (χ4v) is 6.71. The number of aromatic hydroxyl groups is 2. The Morgan fingerprint density at radius 1 is 0.600 bits per heavy atom. The number of phenolic OH excluding ortho intramolecular Hbond substituents is 2. The fraction of sp³-hybridized carbons (Fsp3) is 0.351. The van der Waals surface area contributed by atoms with Crippen molar-refractivity contribution in [3.63, 3.8) is 0 Å². The highest BCUT2D eigenvalue weighted by Gasteiger charge is 2.29. The molecule has 0 unspecified atom stereocenters. The van der Waals surface area contributed by atoms with Gasteiger partial charge in [-0.05, 0) is 122 Å². The summed E-state index contributed by atoms with van der Waals surface area (Å²) in [5.41, 5.74) is 6.94. The summed E-state index contributed by atoms with van der Waals surface area (Å²) >= 11 is 0. The van der Waals surface area contributed by atoms with Gasteiger partial charge in [-0.25, -0.2) is 0 Å². The second-order valence-electron chi connectivity index (χ2n) is 12.1. The van der Waals surface area contributed by atoms with Gasteiger partial charge >= 0.3 is 0 Å². The smallest absolute Gasteiger partial charge is 0.169 e. The Morgan fingerprint density at radius 3 is 1.80 bits per heavy atom. The molecular weight excluding hydrogens is 568 g/mol. The summed E-state index contributed by atoms with van der Waals surface area (Å²) in [5.74, 6) is 3.11. The van der Waals surface area contributed by atoms with E-state index in [1.807, 2.05) is 36.4 Å². The SMILES string of the molecule is COc1ccc(C[C@@H]2c3cc(Oc4cc(C[C@H]5c6cc(O)c(OC)cc6CCN5C)ccc4O)c(OC)cc3CCN2C)cc1. The maximum atomic E-state index is 10.9. The van der Waals surface area contributed by atoms with E-state index in [4.69, 9.17) is 18.9 Å². The number of hydrogen-bond donors (Lipinski definition) is 2. The molecule has 4 aromatic carbocycles. The normalized spacial score (nSPS) is 18.2. The summed E-state index contributed by atoms with van der Waals surface area (Å²) in [5, 5.41) is 21.4. The molecule has 0 aromatic heterocycles. The van der Waals surface area contributed by atoms with Gasteiger partial charge in [-0.2, -0.15) is 0 Å². The van der Waals surface area contributed by atoms with Crippen LogP contribution in [0.15, 0.2) is 66.7 Å². The summed E-state index contributed by atoms with van der Waals surface area (Å²) in [4.78, 5) is 4.68. The molecule has 0 saturated carbocycles. The Morgan fingerprint density at radius 2 is 1.18 bits per heavy atom. The first kappa shape index (κ1) is 30.6. The zero-order valence-electron chi connectivity index (χ0n) is 26.7. The second-order valence-corrected chi connectivity index (χ2v) is 12.1. The molecule has 0 amide bonds. The first-order valence-electron chi connectivity index (χ1n) is 15.4. The summed E-state index contributed by atoms with van der Waals surface area (Å²) in [6.45, 7) is 1.84. The highest BCUT2D eigenvalue weighted by atomic mass is 16.5. The van der Waals surface area contributed by atoms with E-state index < -0.39 is 0 Å². The average molecular weight is 611 g/mol. The van der Waals surface area contributed by atoms with Crippen LogP contribution in [0.2, 0.25) is 0 Å². The van der Waals surface area contributed by atoms with Crippen molar-refractivity contribution >= 4 is 0 Å². The average Bonchev–Trinajstić information content (AvgIpc) is 3.05. The minimum atomic E-state index is 0.0514. The van der Waals surface area contributed by atoms with E-state index >= 15 is 0 Å². The van der Waals surface area contributed by atoms with Crippen molar-refractivity contribution in [1.29, 1.82) is 0 Å². The van der Waals surface area contributed by atoms with Crippen molar-refractivity contribution in [2.24, 2.45) is 0 Å². The van der Waals surface area contributed by atoms with Gasteiger partial charge < -0.3 is 29.2 Å². The molecular formula is C37H42N2O6. The minimum absolute atomic E-state index is 0.0514. The molecule has 2 atom stereocenters. The Balaban J connectivity index is 1.29. The third-order valence-corrected chi connectivity index (χ3v) is 9.38. The zero-order valence-corrected chi connectivity index (χ0v) is 26.7. The zero-order chi connectivity index (χ0) is 31.7. The van der Waals surface area contributed by atoms with Crippen LogP contribution >= 0.6 is 0 Å². The van der Waals surface area contributed by atoms with Crippen LogP contribution in [0.25, 0.3) is 0 Å². The van der Waals surface area contributed by atoms with Crippen LogP contribution in [0.4, 0.5) is 0 Å². The maximum Gasteiger partial charge on any atom is 0.169 e. The lowest BCUT2D eigenvalue weighted by molar-refractivity contribution is 0.227. The van der Waals surface area contributed by atoms with Gasteiger partial charge in [-0.15, -0.1) is 0 Å². The van der Waals surface area contributed by atoms with Gasteiger partial charge in [0.05, 0.1) is 21.3 Å². The van der Waals surface area contributed by atoms with Crippen LogP contribution in [0.1, 0.15) is 45.5 Å². The number of phenols is 2. The third-order valence-electron chi connectivity index (χ3n) is 9.38. The molecule has 0 fully saturated rings. The first-order valence-corrected chi connectivity index (χ1v) is 15.4. The molecule has 4 aromatic rings. The molecule has 8 heteroatoms. The van der Waals surface area contributed by atoms with Crippen LogP contribution in [-0.4, -0.2) is 68.5 Å². The molecule has 2 N–H and O–H groups in total. The number of benzene rings is 4. The van der Waals surface area contributed by atoms with Crippen molar-refractivity contribution < 1.29 is 29.2 Å². The fourth-order valence-electron chi connectivity index (χ4n) is 6.71. The molecule has 236 valence electrons. The Kier molecular flexibility index (Phi) is 8.79. The molecule has 0 aliphatic carbocycles. The number of hydrogen-bond acceptors (Lipinski definition) is 8. The van der Waals surface area contributed by atoms with Gasteiger partial charge in [-0.3, -0.25) is 9.80 Å². The Bertz CT molecular complexity index is 1670. The number of rotatable bonds is 9.